The van der Waals surface area contributed by atoms with E-state index < -0.39 is 0 Å². The highest BCUT2D eigenvalue weighted by Gasteiger charge is 2.29. The van der Waals surface area contributed by atoms with Crippen molar-refractivity contribution >= 4 is 16.8 Å². The molecular formula is C14H16N2O2. The monoisotopic (exact) mass is 244 g/mol. The fraction of sp³-hybridized carbons (Fsp3) is 0.357. The summed E-state index contributed by atoms with van der Waals surface area (Å²) in [5.41, 5.74) is 1.69. The SMILES string of the molecule is O=C(c1cccc2[nH]ccc12)N1CCCC1CO. The van der Waals surface area contributed by atoms with Crippen molar-refractivity contribution in [3.05, 3.63) is 36.0 Å². The van der Waals surface area contributed by atoms with E-state index in [1.54, 1.807) is 4.90 Å². The molecule has 0 spiro atoms. The van der Waals surface area contributed by atoms with E-state index in [4.69, 9.17) is 0 Å². The Kier molecular flexibility index (Phi) is 2.80. The normalized spacial score (nSPS) is 19.6. The van der Waals surface area contributed by atoms with E-state index in [0.717, 1.165) is 30.3 Å². The molecule has 1 unspecified atom stereocenters. The molecule has 2 aromatic rings. The van der Waals surface area contributed by atoms with Crippen molar-refractivity contribution in [3.8, 4) is 0 Å². The number of amides is 1. The van der Waals surface area contributed by atoms with Crippen LogP contribution in [0.3, 0.4) is 0 Å². The van der Waals surface area contributed by atoms with Crippen LogP contribution >= 0.6 is 0 Å². The first-order chi connectivity index (χ1) is 8.81. The number of fused-ring (bicyclic) bond motifs is 1. The van der Waals surface area contributed by atoms with Gasteiger partial charge in [0.15, 0.2) is 0 Å². The molecule has 1 saturated heterocycles. The Hall–Kier alpha value is -1.81. The van der Waals surface area contributed by atoms with Crippen LogP contribution in [0.5, 0.6) is 0 Å². The molecule has 1 aromatic heterocycles. The van der Waals surface area contributed by atoms with Gasteiger partial charge in [0, 0.05) is 29.2 Å². The highest BCUT2D eigenvalue weighted by atomic mass is 16.3. The Morgan fingerprint density at radius 2 is 2.33 bits per heavy atom. The number of benzene rings is 1. The van der Waals surface area contributed by atoms with Gasteiger partial charge in [0.05, 0.1) is 12.6 Å². The molecule has 1 atom stereocenters. The average Bonchev–Trinajstić information content (AvgIpc) is 3.05. The van der Waals surface area contributed by atoms with Crippen molar-refractivity contribution in [2.75, 3.05) is 13.2 Å². The fourth-order valence-electron chi connectivity index (χ4n) is 2.72. The zero-order valence-electron chi connectivity index (χ0n) is 10.1. The quantitative estimate of drug-likeness (QED) is 0.845. The van der Waals surface area contributed by atoms with Gasteiger partial charge in [0.1, 0.15) is 0 Å². The predicted molar refractivity (Wildman–Crippen MR) is 69.4 cm³/mol. The molecule has 0 radical (unpaired) electrons. The van der Waals surface area contributed by atoms with Crippen LogP contribution in [0.15, 0.2) is 30.5 Å². The molecule has 1 aliphatic rings. The summed E-state index contributed by atoms with van der Waals surface area (Å²) in [6.07, 6.45) is 3.71. The lowest BCUT2D eigenvalue weighted by atomic mass is 10.1. The summed E-state index contributed by atoms with van der Waals surface area (Å²) in [7, 11) is 0. The number of aliphatic hydroxyl groups excluding tert-OH is 1. The number of likely N-dealkylation sites (tertiary alicyclic amines) is 1. The van der Waals surface area contributed by atoms with Crippen molar-refractivity contribution in [3.63, 3.8) is 0 Å². The third-order valence-corrected chi connectivity index (χ3v) is 3.67. The van der Waals surface area contributed by atoms with Crippen LogP contribution in [-0.2, 0) is 0 Å². The Balaban J connectivity index is 1.99. The largest absolute Gasteiger partial charge is 0.394 e. The molecule has 2 heterocycles. The number of aromatic amines is 1. The molecule has 1 fully saturated rings. The minimum absolute atomic E-state index is 0.0216. The van der Waals surface area contributed by atoms with E-state index in [9.17, 15) is 9.90 Å². The van der Waals surface area contributed by atoms with E-state index >= 15 is 0 Å². The van der Waals surface area contributed by atoms with Crippen LogP contribution in [0.1, 0.15) is 23.2 Å². The van der Waals surface area contributed by atoms with Gasteiger partial charge in [0.2, 0.25) is 0 Å². The molecule has 2 N–H and O–H groups in total. The van der Waals surface area contributed by atoms with Crippen LogP contribution in [0.2, 0.25) is 0 Å². The molecule has 3 rings (SSSR count). The summed E-state index contributed by atoms with van der Waals surface area (Å²) in [6, 6.07) is 7.60. The lowest BCUT2D eigenvalue weighted by molar-refractivity contribution is 0.0679. The number of rotatable bonds is 2. The number of H-pyrrole nitrogens is 1. The Morgan fingerprint density at radius 3 is 3.17 bits per heavy atom. The van der Waals surface area contributed by atoms with Gasteiger partial charge in [-0.3, -0.25) is 4.79 Å². The maximum Gasteiger partial charge on any atom is 0.254 e. The Bertz CT molecular complexity index is 576. The smallest absolute Gasteiger partial charge is 0.254 e. The van der Waals surface area contributed by atoms with Gasteiger partial charge >= 0.3 is 0 Å². The zero-order valence-corrected chi connectivity index (χ0v) is 10.1. The number of carbonyl (C=O) groups excluding carboxylic acids is 1. The van der Waals surface area contributed by atoms with Crippen molar-refractivity contribution in [2.24, 2.45) is 0 Å². The van der Waals surface area contributed by atoms with Crippen LogP contribution < -0.4 is 0 Å². The molecule has 1 aliphatic heterocycles. The number of carbonyl (C=O) groups is 1. The minimum atomic E-state index is -0.0216. The van der Waals surface area contributed by atoms with Gasteiger partial charge in [-0.05, 0) is 31.0 Å². The summed E-state index contributed by atoms with van der Waals surface area (Å²) in [5.74, 6) is 0.0248. The van der Waals surface area contributed by atoms with E-state index in [0.29, 0.717) is 5.56 Å². The molecule has 0 aliphatic carbocycles. The first kappa shape index (κ1) is 11.3. The molecule has 0 bridgehead atoms. The van der Waals surface area contributed by atoms with E-state index in [2.05, 4.69) is 4.98 Å². The molecule has 0 saturated carbocycles. The summed E-state index contributed by atoms with van der Waals surface area (Å²) >= 11 is 0. The summed E-state index contributed by atoms with van der Waals surface area (Å²) in [4.78, 5) is 17.4. The maximum absolute atomic E-state index is 12.5. The summed E-state index contributed by atoms with van der Waals surface area (Å²) < 4.78 is 0. The highest BCUT2D eigenvalue weighted by molar-refractivity contribution is 6.06. The number of aliphatic hydroxyl groups is 1. The molecule has 1 aromatic carbocycles. The van der Waals surface area contributed by atoms with Crippen LogP contribution in [0.4, 0.5) is 0 Å². The second-order valence-electron chi connectivity index (χ2n) is 4.72. The number of hydrogen-bond acceptors (Lipinski definition) is 2. The van der Waals surface area contributed by atoms with Gasteiger partial charge < -0.3 is 15.0 Å². The molecular weight excluding hydrogens is 228 g/mol. The zero-order chi connectivity index (χ0) is 12.5. The summed E-state index contributed by atoms with van der Waals surface area (Å²) in [6.45, 7) is 0.791. The molecule has 94 valence electrons. The van der Waals surface area contributed by atoms with E-state index in [-0.39, 0.29) is 18.6 Å². The van der Waals surface area contributed by atoms with Crippen molar-refractivity contribution in [1.29, 1.82) is 0 Å². The van der Waals surface area contributed by atoms with Gasteiger partial charge in [-0.2, -0.15) is 0 Å². The molecule has 4 nitrogen and oxygen atoms in total. The first-order valence-corrected chi connectivity index (χ1v) is 6.29. The lowest BCUT2D eigenvalue weighted by Gasteiger charge is -2.23. The van der Waals surface area contributed by atoms with E-state index in [1.807, 2.05) is 30.5 Å². The molecule has 18 heavy (non-hydrogen) atoms. The van der Waals surface area contributed by atoms with Gasteiger partial charge in [-0.25, -0.2) is 0 Å². The van der Waals surface area contributed by atoms with Crippen molar-refractivity contribution in [2.45, 2.75) is 18.9 Å². The first-order valence-electron chi connectivity index (χ1n) is 6.29. The number of nitrogens with zero attached hydrogens (tertiary/aromatic N) is 1. The average molecular weight is 244 g/mol. The third kappa shape index (κ3) is 1.69. The van der Waals surface area contributed by atoms with Gasteiger partial charge in [-0.15, -0.1) is 0 Å². The summed E-state index contributed by atoms with van der Waals surface area (Å²) in [5, 5.41) is 10.3. The second-order valence-corrected chi connectivity index (χ2v) is 4.72. The lowest BCUT2D eigenvalue weighted by Crippen LogP contribution is -2.37. The van der Waals surface area contributed by atoms with Crippen molar-refractivity contribution in [1.82, 2.24) is 9.88 Å². The van der Waals surface area contributed by atoms with Gasteiger partial charge in [-0.1, -0.05) is 6.07 Å². The van der Waals surface area contributed by atoms with Crippen LogP contribution in [0, 0.1) is 0 Å². The molecule has 4 heteroatoms. The topological polar surface area (TPSA) is 56.3 Å². The predicted octanol–water partition coefficient (Wildman–Crippen LogP) is 1.76. The third-order valence-electron chi connectivity index (χ3n) is 3.67. The maximum atomic E-state index is 12.5. The highest BCUT2D eigenvalue weighted by Crippen LogP contribution is 2.24. The van der Waals surface area contributed by atoms with Crippen LogP contribution in [0.25, 0.3) is 10.9 Å². The fourth-order valence-corrected chi connectivity index (χ4v) is 2.72. The van der Waals surface area contributed by atoms with E-state index in [1.165, 1.54) is 0 Å². The second kappa shape index (κ2) is 4.46. The molecule has 1 amide bonds. The Labute approximate surface area is 105 Å². The number of nitrogens with one attached hydrogen (secondary N) is 1. The van der Waals surface area contributed by atoms with Crippen LogP contribution in [-0.4, -0.2) is 40.1 Å². The standard InChI is InChI=1S/C14H16N2O2/c17-9-10-3-2-8-16(10)14(18)12-4-1-5-13-11(12)6-7-15-13/h1,4-7,10,15,17H,2-3,8-9H2. The minimum Gasteiger partial charge on any atom is -0.394 e. The Morgan fingerprint density at radius 1 is 1.44 bits per heavy atom. The van der Waals surface area contributed by atoms with Crippen molar-refractivity contribution < 1.29 is 9.90 Å². The number of aromatic nitrogens is 1. The number of hydrogen-bond donors (Lipinski definition) is 2. The van der Waals surface area contributed by atoms with Gasteiger partial charge in [0.25, 0.3) is 5.91 Å².